The molecule has 3 N–H and O–H groups in total. The number of halogens is 1. The molecule has 0 bridgehead atoms. The van der Waals surface area contributed by atoms with Gasteiger partial charge in [0.05, 0.1) is 12.1 Å². The first kappa shape index (κ1) is 19.8. The topological polar surface area (TPSA) is 85.4 Å². The number of aromatic nitrogens is 1. The molecule has 0 radical (unpaired) electrons. The van der Waals surface area contributed by atoms with Crippen LogP contribution in [-0.4, -0.2) is 16.1 Å². The average molecular weight is 404 g/mol. The predicted molar refractivity (Wildman–Crippen MR) is 112 cm³/mol. The maximum absolute atomic E-state index is 14.9. The maximum Gasteiger partial charge on any atom is 0.307 e. The van der Waals surface area contributed by atoms with Crippen molar-refractivity contribution in [1.29, 1.82) is 0 Å². The van der Waals surface area contributed by atoms with Gasteiger partial charge in [0.15, 0.2) is 5.82 Å². The van der Waals surface area contributed by atoms with E-state index in [0.717, 1.165) is 28.7 Å². The fourth-order valence-electron chi connectivity index (χ4n) is 3.71. The smallest absolute Gasteiger partial charge is 0.307 e. The van der Waals surface area contributed by atoms with Crippen LogP contribution in [0.4, 0.5) is 4.39 Å². The van der Waals surface area contributed by atoms with Crippen LogP contribution in [0.2, 0.25) is 0 Å². The molecule has 0 spiro atoms. The molecule has 5 nitrogen and oxygen atoms in total. The minimum absolute atomic E-state index is 0.0286. The number of nitrogens with zero attached hydrogens (tertiary/aromatic N) is 1. The molecule has 1 aliphatic carbocycles. The number of hydrogen-bond donors (Lipinski definition) is 2. The highest BCUT2D eigenvalue weighted by atomic mass is 19.1. The van der Waals surface area contributed by atoms with Crippen LogP contribution in [0.1, 0.15) is 27.9 Å². The number of aliphatic carboxylic acids is 1. The number of hydrogen-bond acceptors (Lipinski definition) is 4. The Balaban J connectivity index is 1.68. The molecule has 1 aromatic heterocycles. The lowest BCUT2D eigenvalue weighted by atomic mass is 9.94. The summed E-state index contributed by atoms with van der Waals surface area (Å²) < 4.78 is 20.9. The number of allylic oxidation sites excluding steroid dienone is 1. The number of ether oxygens (including phenoxy) is 1. The zero-order chi connectivity index (χ0) is 21.1. The highest BCUT2D eigenvalue weighted by Crippen LogP contribution is 2.35. The van der Waals surface area contributed by atoms with E-state index in [4.69, 9.17) is 15.6 Å². The van der Waals surface area contributed by atoms with E-state index in [9.17, 15) is 9.18 Å². The van der Waals surface area contributed by atoms with Crippen LogP contribution < -0.4 is 10.5 Å². The minimum Gasteiger partial charge on any atom is -0.489 e. The van der Waals surface area contributed by atoms with Crippen LogP contribution in [0.5, 0.6) is 5.75 Å². The van der Waals surface area contributed by atoms with Crippen molar-refractivity contribution in [3.8, 4) is 16.9 Å². The van der Waals surface area contributed by atoms with Crippen molar-refractivity contribution in [1.82, 2.24) is 4.98 Å². The number of pyridine rings is 1. The molecule has 0 unspecified atom stereocenters. The summed E-state index contributed by atoms with van der Waals surface area (Å²) in [6.07, 6.45) is 6.27. The summed E-state index contributed by atoms with van der Waals surface area (Å²) in [7, 11) is 0. The molecular weight excluding hydrogens is 383 g/mol. The molecule has 152 valence electrons. The van der Waals surface area contributed by atoms with Crippen LogP contribution in [-0.2, 0) is 30.8 Å². The summed E-state index contributed by atoms with van der Waals surface area (Å²) in [5, 5.41) is 9.10. The minimum atomic E-state index is -0.916. The average Bonchev–Trinajstić information content (AvgIpc) is 3.21. The molecule has 1 heterocycles. The second kappa shape index (κ2) is 8.47. The van der Waals surface area contributed by atoms with Crippen molar-refractivity contribution < 1.29 is 19.0 Å². The number of carboxylic acids is 1. The van der Waals surface area contributed by atoms with Crippen molar-refractivity contribution in [3.05, 3.63) is 88.5 Å². The Morgan fingerprint density at radius 1 is 1.20 bits per heavy atom. The highest BCUT2D eigenvalue weighted by molar-refractivity contribution is 5.80. The highest BCUT2D eigenvalue weighted by Gasteiger charge is 2.18. The van der Waals surface area contributed by atoms with Gasteiger partial charge >= 0.3 is 5.97 Å². The lowest BCUT2D eigenvalue weighted by Gasteiger charge is -2.15. The predicted octanol–water partition coefficient (Wildman–Crippen LogP) is 4.12. The SMILES string of the molecule is NCc1nccc(-c2cc(COc3ccccc3CC(=O)O)cc3c2C=CC3)c1F. The number of fused-ring (bicyclic) bond motifs is 1. The van der Waals surface area contributed by atoms with E-state index < -0.39 is 11.8 Å². The zero-order valence-electron chi connectivity index (χ0n) is 16.3. The van der Waals surface area contributed by atoms with Gasteiger partial charge in [-0.3, -0.25) is 9.78 Å². The third-order valence-corrected chi connectivity index (χ3v) is 5.10. The van der Waals surface area contributed by atoms with Gasteiger partial charge in [0.25, 0.3) is 0 Å². The van der Waals surface area contributed by atoms with Gasteiger partial charge in [-0.15, -0.1) is 0 Å². The molecular formula is C24H21FN2O3. The van der Waals surface area contributed by atoms with Gasteiger partial charge in [0.2, 0.25) is 0 Å². The van der Waals surface area contributed by atoms with Gasteiger partial charge in [-0.2, -0.15) is 0 Å². The Bertz CT molecular complexity index is 1140. The lowest BCUT2D eigenvalue weighted by Crippen LogP contribution is -2.06. The number of benzene rings is 2. The summed E-state index contributed by atoms with van der Waals surface area (Å²) in [6.45, 7) is 0.272. The Kier molecular flexibility index (Phi) is 5.59. The van der Waals surface area contributed by atoms with Crippen LogP contribution >= 0.6 is 0 Å². The van der Waals surface area contributed by atoms with E-state index in [1.165, 1.54) is 0 Å². The van der Waals surface area contributed by atoms with E-state index in [2.05, 4.69) is 4.98 Å². The summed E-state index contributed by atoms with van der Waals surface area (Å²) >= 11 is 0. The van der Waals surface area contributed by atoms with Gasteiger partial charge < -0.3 is 15.6 Å². The molecule has 0 atom stereocenters. The molecule has 30 heavy (non-hydrogen) atoms. The molecule has 0 aliphatic heterocycles. The van der Waals surface area contributed by atoms with Crippen LogP contribution in [0.3, 0.4) is 0 Å². The standard InChI is InChI=1S/C24H21FN2O3/c25-24-19(8-9-27-21(24)13-26)20-11-15(10-16-5-3-6-18(16)20)14-30-22-7-2-1-4-17(22)12-23(28)29/h1-4,6-11H,5,12-14,26H2,(H,28,29). The van der Waals surface area contributed by atoms with E-state index in [1.807, 2.05) is 24.3 Å². The third kappa shape index (κ3) is 3.95. The first-order chi connectivity index (χ1) is 14.6. The second-order valence-corrected chi connectivity index (χ2v) is 7.11. The summed E-state index contributed by atoms with van der Waals surface area (Å²) in [5.74, 6) is -0.797. The Labute approximate surface area is 173 Å². The van der Waals surface area contributed by atoms with Crippen molar-refractivity contribution >= 4 is 12.0 Å². The van der Waals surface area contributed by atoms with Crippen LogP contribution in [0, 0.1) is 5.82 Å². The quantitative estimate of drug-likeness (QED) is 0.619. The molecule has 0 saturated carbocycles. The van der Waals surface area contributed by atoms with E-state index >= 15 is 0 Å². The first-order valence-electron chi connectivity index (χ1n) is 9.65. The normalized spacial score (nSPS) is 12.1. The molecule has 1 aliphatic rings. The fraction of sp³-hybridized carbons (Fsp3) is 0.167. The van der Waals surface area contributed by atoms with Gasteiger partial charge in [-0.25, -0.2) is 4.39 Å². The largest absolute Gasteiger partial charge is 0.489 e. The number of carbonyl (C=O) groups is 1. The first-order valence-corrected chi connectivity index (χ1v) is 9.65. The number of para-hydroxylation sites is 1. The Hall–Kier alpha value is -3.51. The zero-order valence-corrected chi connectivity index (χ0v) is 16.3. The van der Waals surface area contributed by atoms with Gasteiger partial charge in [-0.1, -0.05) is 36.4 Å². The van der Waals surface area contributed by atoms with Crippen molar-refractivity contribution in [2.45, 2.75) is 26.0 Å². The second-order valence-electron chi connectivity index (χ2n) is 7.11. The van der Waals surface area contributed by atoms with Gasteiger partial charge in [0, 0.05) is 23.9 Å². The molecule has 0 amide bonds. The molecule has 4 rings (SSSR count). The van der Waals surface area contributed by atoms with Crippen LogP contribution in [0.25, 0.3) is 17.2 Å². The third-order valence-electron chi connectivity index (χ3n) is 5.10. The Morgan fingerprint density at radius 3 is 2.83 bits per heavy atom. The summed E-state index contributed by atoms with van der Waals surface area (Å²) in [6, 6.07) is 12.7. The van der Waals surface area contributed by atoms with E-state index in [-0.39, 0.29) is 25.3 Å². The van der Waals surface area contributed by atoms with E-state index in [1.54, 1.807) is 36.5 Å². The fourth-order valence-corrected chi connectivity index (χ4v) is 3.71. The van der Waals surface area contributed by atoms with Crippen molar-refractivity contribution in [2.75, 3.05) is 0 Å². The number of rotatable bonds is 7. The maximum atomic E-state index is 14.9. The molecule has 0 fully saturated rings. The molecule has 6 heteroatoms. The van der Waals surface area contributed by atoms with Gasteiger partial charge in [-0.05, 0) is 46.9 Å². The molecule has 3 aromatic rings. The Morgan fingerprint density at radius 2 is 2.03 bits per heavy atom. The van der Waals surface area contributed by atoms with Crippen molar-refractivity contribution in [2.24, 2.45) is 5.73 Å². The summed E-state index contributed by atoms with van der Waals surface area (Å²) in [5.41, 5.74) is 10.7. The van der Waals surface area contributed by atoms with Gasteiger partial charge in [0.1, 0.15) is 12.4 Å². The summed E-state index contributed by atoms with van der Waals surface area (Å²) in [4.78, 5) is 15.1. The molecule has 2 aromatic carbocycles. The molecule has 0 saturated heterocycles. The number of carboxylic acid groups (broad SMARTS) is 1. The lowest BCUT2D eigenvalue weighted by molar-refractivity contribution is -0.136. The number of nitrogens with two attached hydrogens (primary N) is 1. The van der Waals surface area contributed by atoms with Crippen LogP contribution in [0.15, 0.2) is 54.7 Å². The van der Waals surface area contributed by atoms with E-state index in [0.29, 0.717) is 16.9 Å². The monoisotopic (exact) mass is 404 g/mol. The van der Waals surface area contributed by atoms with Crippen molar-refractivity contribution in [3.63, 3.8) is 0 Å².